The summed E-state index contributed by atoms with van der Waals surface area (Å²) in [6.45, 7) is 1.84. The molecule has 0 N–H and O–H groups in total. The van der Waals surface area contributed by atoms with Gasteiger partial charge < -0.3 is 9.47 Å². The highest BCUT2D eigenvalue weighted by Crippen LogP contribution is 2.18. The van der Waals surface area contributed by atoms with Crippen molar-refractivity contribution in [2.75, 3.05) is 0 Å². The van der Waals surface area contributed by atoms with E-state index in [4.69, 9.17) is 9.47 Å². The molecule has 0 saturated carbocycles. The average Bonchev–Trinajstić information content (AvgIpc) is 2.69. The summed E-state index contributed by atoms with van der Waals surface area (Å²) in [5, 5.41) is 0. The summed E-state index contributed by atoms with van der Waals surface area (Å²) in [6, 6.07) is 24.7. The van der Waals surface area contributed by atoms with Crippen LogP contribution in [-0.4, -0.2) is 5.90 Å². The van der Waals surface area contributed by atoms with Crippen LogP contribution in [0.4, 0.5) is 10.1 Å². The van der Waals surface area contributed by atoms with Gasteiger partial charge in [0, 0.05) is 5.57 Å². The second-order valence-corrected chi connectivity index (χ2v) is 5.54. The van der Waals surface area contributed by atoms with E-state index < -0.39 is 0 Å². The lowest BCUT2D eigenvalue weighted by Gasteiger charge is -2.10. The highest BCUT2D eigenvalue weighted by atomic mass is 19.1. The molecule has 4 heteroatoms. The quantitative estimate of drug-likeness (QED) is 0.326. The van der Waals surface area contributed by atoms with Gasteiger partial charge in [0.05, 0.1) is 11.9 Å². The molecule has 3 rings (SSSR count). The fourth-order valence-electron chi connectivity index (χ4n) is 2.13. The van der Waals surface area contributed by atoms with E-state index in [2.05, 4.69) is 4.99 Å². The molecular weight excluding hydrogens is 329 g/mol. The summed E-state index contributed by atoms with van der Waals surface area (Å²) in [5.41, 5.74) is 1.44. The summed E-state index contributed by atoms with van der Waals surface area (Å²) in [6.07, 6.45) is 1.58. The number of nitrogens with zero attached hydrogens (tertiary/aromatic N) is 1. The van der Waals surface area contributed by atoms with E-state index in [0.717, 1.165) is 5.69 Å². The number of hydrogen-bond donors (Lipinski definition) is 0. The molecule has 3 aromatic carbocycles. The zero-order valence-corrected chi connectivity index (χ0v) is 14.3. The Morgan fingerprint density at radius 1 is 0.808 bits per heavy atom. The van der Waals surface area contributed by atoms with Crippen LogP contribution in [0.3, 0.4) is 0 Å². The van der Waals surface area contributed by atoms with Crippen molar-refractivity contribution in [2.45, 2.75) is 6.92 Å². The molecule has 0 heterocycles. The summed E-state index contributed by atoms with van der Waals surface area (Å²) in [7, 11) is 0. The molecule has 0 aliphatic heterocycles. The molecule has 0 aromatic heterocycles. The largest absolute Gasteiger partial charge is 0.465 e. The maximum Gasteiger partial charge on any atom is 0.225 e. The SMILES string of the molecule is CC(=C\Oc1ccccc1)/C(=N/c1ccccc1)Oc1ccc(F)cc1. The first-order chi connectivity index (χ1) is 12.7. The van der Waals surface area contributed by atoms with Gasteiger partial charge in [-0.1, -0.05) is 36.4 Å². The van der Waals surface area contributed by atoms with E-state index in [0.29, 0.717) is 23.0 Å². The van der Waals surface area contributed by atoms with Crippen molar-refractivity contribution in [1.29, 1.82) is 0 Å². The topological polar surface area (TPSA) is 30.8 Å². The third-order valence-corrected chi connectivity index (χ3v) is 3.47. The first-order valence-electron chi connectivity index (χ1n) is 8.17. The molecule has 0 aliphatic rings. The molecule has 0 unspecified atom stereocenters. The lowest BCUT2D eigenvalue weighted by Crippen LogP contribution is -2.11. The fraction of sp³-hybridized carbons (Fsp3) is 0.0455. The zero-order valence-electron chi connectivity index (χ0n) is 14.3. The predicted octanol–water partition coefficient (Wildman–Crippen LogP) is 5.92. The maximum absolute atomic E-state index is 13.1. The smallest absolute Gasteiger partial charge is 0.225 e. The van der Waals surface area contributed by atoms with Gasteiger partial charge in [-0.05, 0) is 55.5 Å². The second-order valence-electron chi connectivity index (χ2n) is 5.54. The molecule has 0 saturated heterocycles. The van der Waals surface area contributed by atoms with Crippen molar-refractivity contribution in [1.82, 2.24) is 0 Å². The number of halogens is 1. The van der Waals surface area contributed by atoms with Gasteiger partial charge in [0.25, 0.3) is 0 Å². The molecular formula is C22H18FNO2. The van der Waals surface area contributed by atoms with E-state index in [-0.39, 0.29) is 5.82 Å². The lowest BCUT2D eigenvalue weighted by molar-refractivity contribution is 0.473. The van der Waals surface area contributed by atoms with Crippen LogP contribution in [0.2, 0.25) is 0 Å². The maximum atomic E-state index is 13.1. The third-order valence-electron chi connectivity index (χ3n) is 3.47. The molecule has 0 spiro atoms. The van der Waals surface area contributed by atoms with Crippen LogP contribution >= 0.6 is 0 Å². The Hall–Kier alpha value is -3.40. The minimum atomic E-state index is -0.321. The van der Waals surface area contributed by atoms with E-state index >= 15 is 0 Å². The van der Waals surface area contributed by atoms with Gasteiger partial charge in [0.2, 0.25) is 5.90 Å². The van der Waals surface area contributed by atoms with Crippen LogP contribution in [0.15, 0.2) is 102 Å². The van der Waals surface area contributed by atoms with Gasteiger partial charge in [-0.25, -0.2) is 9.38 Å². The van der Waals surface area contributed by atoms with Crippen molar-refractivity contribution < 1.29 is 13.9 Å². The van der Waals surface area contributed by atoms with Crippen LogP contribution in [0.25, 0.3) is 0 Å². The van der Waals surface area contributed by atoms with Crippen LogP contribution < -0.4 is 9.47 Å². The Morgan fingerprint density at radius 3 is 2.08 bits per heavy atom. The molecule has 0 fully saturated rings. The second kappa shape index (κ2) is 8.62. The Labute approximate surface area is 152 Å². The fourth-order valence-corrected chi connectivity index (χ4v) is 2.13. The van der Waals surface area contributed by atoms with E-state index in [1.807, 2.05) is 67.6 Å². The number of aliphatic imine (C=N–C) groups is 1. The Balaban J connectivity index is 1.86. The first-order valence-corrected chi connectivity index (χ1v) is 8.17. The van der Waals surface area contributed by atoms with Crippen LogP contribution in [0.5, 0.6) is 11.5 Å². The number of hydrogen-bond acceptors (Lipinski definition) is 3. The molecule has 26 heavy (non-hydrogen) atoms. The molecule has 3 aromatic rings. The van der Waals surface area contributed by atoms with E-state index in [1.165, 1.54) is 12.1 Å². The van der Waals surface area contributed by atoms with Crippen molar-refractivity contribution >= 4 is 11.6 Å². The van der Waals surface area contributed by atoms with Gasteiger partial charge in [-0.15, -0.1) is 0 Å². The summed E-state index contributed by atoms with van der Waals surface area (Å²) in [5.74, 6) is 1.26. The Morgan fingerprint density at radius 2 is 1.42 bits per heavy atom. The molecule has 0 bridgehead atoms. The van der Waals surface area contributed by atoms with Gasteiger partial charge in [-0.2, -0.15) is 0 Å². The van der Waals surface area contributed by atoms with Crippen LogP contribution in [-0.2, 0) is 0 Å². The average molecular weight is 347 g/mol. The Kier molecular flexibility index (Phi) is 5.78. The monoisotopic (exact) mass is 347 g/mol. The standard InChI is InChI=1S/C22H18FNO2/c1-17(16-25-20-10-6-3-7-11-20)22(24-19-8-4-2-5-9-19)26-21-14-12-18(23)13-15-21/h2-16H,1H3/b17-16+,24-22-. The van der Waals surface area contributed by atoms with E-state index in [1.54, 1.807) is 18.4 Å². The van der Waals surface area contributed by atoms with Gasteiger partial charge in [-0.3, -0.25) is 0 Å². The van der Waals surface area contributed by atoms with E-state index in [9.17, 15) is 4.39 Å². The Bertz CT molecular complexity index is 888. The molecule has 0 amide bonds. The minimum Gasteiger partial charge on any atom is -0.465 e. The lowest BCUT2D eigenvalue weighted by atomic mass is 10.3. The molecule has 0 radical (unpaired) electrons. The molecule has 3 nitrogen and oxygen atoms in total. The van der Waals surface area contributed by atoms with Crippen molar-refractivity contribution in [2.24, 2.45) is 4.99 Å². The van der Waals surface area contributed by atoms with Crippen molar-refractivity contribution in [3.8, 4) is 11.5 Å². The summed E-state index contributed by atoms with van der Waals surface area (Å²) >= 11 is 0. The van der Waals surface area contributed by atoms with Gasteiger partial charge >= 0.3 is 0 Å². The normalized spacial score (nSPS) is 11.9. The zero-order chi connectivity index (χ0) is 18.2. The van der Waals surface area contributed by atoms with Crippen LogP contribution in [0.1, 0.15) is 6.92 Å². The third kappa shape index (κ3) is 5.05. The number of ether oxygens (including phenoxy) is 2. The van der Waals surface area contributed by atoms with Crippen molar-refractivity contribution in [3.05, 3.63) is 103 Å². The number of rotatable bonds is 5. The number of benzene rings is 3. The summed E-state index contributed by atoms with van der Waals surface area (Å²) < 4.78 is 24.6. The van der Waals surface area contributed by atoms with Crippen molar-refractivity contribution in [3.63, 3.8) is 0 Å². The molecule has 130 valence electrons. The van der Waals surface area contributed by atoms with Gasteiger partial charge in [0.15, 0.2) is 0 Å². The molecule has 0 aliphatic carbocycles. The highest BCUT2D eigenvalue weighted by molar-refractivity contribution is 5.96. The highest BCUT2D eigenvalue weighted by Gasteiger charge is 2.08. The number of para-hydroxylation sites is 2. The summed E-state index contributed by atoms with van der Waals surface area (Å²) in [4.78, 5) is 4.54. The van der Waals surface area contributed by atoms with Gasteiger partial charge in [0.1, 0.15) is 17.3 Å². The first kappa shape index (κ1) is 17.4. The van der Waals surface area contributed by atoms with Crippen LogP contribution in [0, 0.1) is 5.82 Å². The minimum absolute atomic E-state index is 0.321. The molecule has 0 atom stereocenters. The predicted molar refractivity (Wildman–Crippen MR) is 101 cm³/mol.